The molecule has 2 aliphatic heterocycles. The molecule has 7 nitrogen and oxygen atoms in total. The number of aromatic nitrogens is 1. The molecular weight excluding hydrogens is 488 g/mol. The second kappa shape index (κ2) is 15.5. The maximum Gasteiger partial charge on any atom is 0.242 e. The van der Waals surface area contributed by atoms with Gasteiger partial charge in [0.15, 0.2) is 11.5 Å². The summed E-state index contributed by atoms with van der Waals surface area (Å²) < 4.78 is 11.0. The van der Waals surface area contributed by atoms with Crippen LogP contribution in [0.4, 0.5) is 0 Å². The topological polar surface area (TPSA) is 54.9 Å². The van der Waals surface area contributed by atoms with E-state index in [1.165, 1.54) is 16.8 Å². The molecule has 1 saturated heterocycles. The van der Waals surface area contributed by atoms with Gasteiger partial charge < -0.3 is 23.8 Å². The van der Waals surface area contributed by atoms with Crippen LogP contribution in [0.2, 0.25) is 0 Å². The van der Waals surface area contributed by atoms with Gasteiger partial charge >= 0.3 is 0 Å². The zero-order valence-corrected chi connectivity index (χ0v) is 24.8. The third-order valence-corrected chi connectivity index (χ3v) is 7.06. The van der Waals surface area contributed by atoms with Gasteiger partial charge in [-0.25, -0.2) is 0 Å². The summed E-state index contributed by atoms with van der Waals surface area (Å²) in [6.45, 7) is 9.13. The van der Waals surface area contributed by atoms with Gasteiger partial charge in [-0.15, -0.1) is 0 Å². The van der Waals surface area contributed by atoms with Crippen LogP contribution in [0.15, 0.2) is 48.4 Å². The van der Waals surface area contributed by atoms with Crippen LogP contribution in [-0.4, -0.2) is 85.8 Å². The summed E-state index contributed by atoms with van der Waals surface area (Å²) in [6, 6.07) is 10.5. The maximum absolute atomic E-state index is 13.2. The Morgan fingerprint density at radius 2 is 1.82 bits per heavy atom. The van der Waals surface area contributed by atoms with Crippen LogP contribution in [0.5, 0.6) is 11.5 Å². The molecule has 0 aliphatic carbocycles. The molecule has 0 unspecified atom stereocenters. The Morgan fingerprint density at radius 3 is 2.56 bits per heavy atom. The number of carbonyl (C=O) groups excluding carboxylic acids is 1. The Hall–Kier alpha value is -3.06. The molecule has 39 heavy (non-hydrogen) atoms. The molecule has 1 fully saturated rings. The fourth-order valence-electron chi connectivity index (χ4n) is 4.91. The van der Waals surface area contributed by atoms with E-state index in [2.05, 4.69) is 80.1 Å². The zero-order chi connectivity index (χ0) is 28.1. The van der Waals surface area contributed by atoms with Crippen molar-refractivity contribution in [2.24, 2.45) is 0 Å². The number of amides is 1. The van der Waals surface area contributed by atoms with E-state index in [-0.39, 0.29) is 0 Å². The molecule has 0 radical (unpaired) electrons. The van der Waals surface area contributed by atoms with Crippen LogP contribution < -0.4 is 9.47 Å². The number of hydrogen-bond donors (Lipinski definition) is 0. The van der Waals surface area contributed by atoms with E-state index < -0.39 is 0 Å². The third-order valence-electron chi connectivity index (χ3n) is 7.06. The van der Waals surface area contributed by atoms with Crippen molar-refractivity contribution >= 4 is 12.0 Å². The fraction of sp³-hybridized carbons (Fsp3) is 0.562. The number of allylic oxidation sites excluding steroid dienone is 1. The Kier molecular flexibility index (Phi) is 12.1. The molecule has 0 atom stereocenters. The number of hydrogen-bond acceptors (Lipinski definition) is 5. The number of unbranched alkanes of at least 4 members (excludes halogenated alkanes) is 1. The predicted octanol–water partition coefficient (Wildman–Crippen LogP) is 5.61. The van der Waals surface area contributed by atoms with Gasteiger partial charge in [0.2, 0.25) is 12.7 Å². The second-order valence-corrected chi connectivity index (χ2v) is 11.4. The molecule has 1 aromatic carbocycles. The normalized spacial score (nSPS) is 15.3. The highest BCUT2D eigenvalue weighted by atomic mass is 16.7. The van der Waals surface area contributed by atoms with Crippen molar-refractivity contribution < 1.29 is 18.8 Å². The number of ether oxygens (including phenoxy) is 2. The summed E-state index contributed by atoms with van der Waals surface area (Å²) in [7, 11) is 6.65. The number of rotatable bonds is 12. The van der Waals surface area contributed by atoms with E-state index in [9.17, 15) is 4.79 Å². The first-order chi connectivity index (χ1) is 18.8. The molecule has 7 heteroatoms. The lowest BCUT2D eigenvalue weighted by molar-refractivity contribution is -0.870. The minimum absolute atomic E-state index is 0.291. The van der Waals surface area contributed by atoms with Crippen molar-refractivity contribution in [2.45, 2.75) is 58.8 Å². The number of nitrogens with zero attached hydrogens (tertiary/aromatic N) is 4. The zero-order valence-electron chi connectivity index (χ0n) is 24.8. The molecule has 2 aromatic rings. The third kappa shape index (κ3) is 10.2. The van der Waals surface area contributed by atoms with Gasteiger partial charge in [-0.2, -0.15) is 0 Å². The van der Waals surface area contributed by atoms with E-state index in [0.29, 0.717) is 19.2 Å². The van der Waals surface area contributed by atoms with Gasteiger partial charge in [0, 0.05) is 44.0 Å². The first-order valence-corrected chi connectivity index (χ1v) is 14.6. The maximum atomic E-state index is 13.2. The van der Waals surface area contributed by atoms with E-state index >= 15 is 0 Å². The van der Waals surface area contributed by atoms with E-state index in [1.807, 2.05) is 0 Å². The molecule has 4 rings (SSSR count). The average Bonchev–Trinajstić information content (AvgIpc) is 3.56. The molecule has 214 valence electrons. The standard InChI is InChI=1S/C26H44N3O.C6H5NO2/c1-6-8-17-27(19-12-20-29(3,4)5)26(30)22-28-18-11-16-25(28)21-24-15-10-9-14-23(24)13-7-2;1-2-7-3-6-5(1)8-4-9-6/h9-10,14-15,21H,6-8,11-13,16-20,22H2,1-5H3;1-3H,4H2/q+1;/b25-21+;. The number of likely N-dealkylation sites (tertiary alicyclic amines) is 1. The summed E-state index contributed by atoms with van der Waals surface area (Å²) >= 11 is 0. The molecular formula is C32H49N4O3+. The smallest absolute Gasteiger partial charge is 0.242 e. The van der Waals surface area contributed by atoms with Crippen LogP contribution in [0.25, 0.3) is 6.08 Å². The van der Waals surface area contributed by atoms with Gasteiger partial charge in [0.25, 0.3) is 0 Å². The fourth-order valence-corrected chi connectivity index (χ4v) is 4.91. The van der Waals surface area contributed by atoms with Crippen LogP contribution in [0.3, 0.4) is 0 Å². The predicted molar refractivity (Wildman–Crippen MR) is 159 cm³/mol. The minimum Gasteiger partial charge on any atom is -0.453 e. The minimum atomic E-state index is 0.291. The SMILES string of the molecule is CCCCN(CCC[N+](C)(C)C)C(=O)CN1CCC/C1=C\c1ccccc1CCC.c1cc2c(cn1)OCO2. The first-order valence-electron chi connectivity index (χ1n) is 14.6. The number of quaternary nitrogens is 1. The van der Waals surface area contributed by atoms with Gasteiger partial charge in [-0.1, -0.05) is 51.0 Å². The number of aryl methyl sites for hydroxylation is 1. The highest BCUT2D eigenvalue weighted by Gasteiger charge is 2.23. The van der Waals surface area contributed by atoms with Gasteiger partial charge in [0.05, 0.1) is 40.4 Å². The number of benzene rings is 1. The number of fused-ring (bicyclic) bond motifs is 1. The largest absolute Gasteiger partial charge is 0.453 e. The molecule has 0 bridgehead atoms. The Bertz CT molecular complexity index is 1040. The molecule has 0 spiro atoms. The highest BCUT2D eigenvalue weighted by Crippen LogP contribution is 2.29. The lowest BCUT2D eigenvalue weighted by atomic mass is 10.0. The quantitative estimate of drug-likeness (QED) is 0.330. The Morgan fingerprint density at radius 1 is 1.05 bits per heavy atom. The van der Waals surface area contributed by atoms with Crippen molar-refractivity contribution in [2.75, 3.05) is 60.7 Å². The van der Waals surface area contributed by atoms with E-state index in [4.69, 9.17) is 9.47 Å². The lowest BCUT2D eigenvalue weighted by Gasteiger charge is -2.29. The van der Waals surface area contributed by atoms with Crippen LogP contribution >= 0.6 is 0 Å². The number of carbonyl (C=O) groups is 1. The Balaban J connectivity index is 0.000000387. The first kappa shape index (κ1) is 30.5. The van der Waals surface area contributed by atoms with Gasteiger partial charge in [-0.05, 0) is 42.9 Å². The molecule has 0 saturated carbocycles. The van der Waals surface area contributed by atoms with E-state index in [1.54, 1.807) is 18.5 Å². The molecule has 0 N–H and O–H groups in total. The van der Waals surface area contributed by atoms with Crippen LogP contribution in [0.1, 0.15) is 63.5 Å². The molecule has 2 aliphatic rings. The number of pyridine rings is 1. The summed E-state index contributed by atoms with van der Waals surface area (Å²) in [5, 5.41) is 0. The van der Waals surface area contributed by atoms with Crippen molar-refractivity contribution in [3.05, 3.63) is 59.5 Å². The van der Waals surface area contributed by atoms with Crippen molar-refractivity contribution in [1.82, 2.24) is 14.8 Å². The second-order valence-electron chi connectivity index (χ2n) is 11.4. The molecule has 3 heterocycles. The monoisotopic (exact) mass is 537 g/mol. The Labute approximate surface area is 236 Å². The molecule has 1 aromatic heterocycles. The van der Waals surface area contributed by atoms with Crippen LogP contribution in [-0.2, 0) is 11.2 Å². The highest BCUT2D eigenvalue weighted by molar-refractivity contribution is 5.79. The molecule has 1 amide bonds. The van der Waals surface area contributed by atoms with Crippen molar-refractivity contribution in [1.29, 1.82) is 0 Å². The van der Waals surface area contributed by atoms with Crippen molar-refractivity contribution in [3.8, 4) is 11.5 Å². The average molecular weight is 538 g/mol. The lowest BCUT2D eigenvalue weighted by Crippen LogP contribution is -2.42. The van der Waals surface area contributed by atoms with E-state index in [0.717, 1.165) is 87.1 Å². The van der Waals surface area contributed by atoms with Gasteiger partial charge in [-0.3, -0.25) is 9.78 Å². The summed E-state index contributed by atoms with van der Waals surface area (Å²) in [4.78, 5) is 21.5. The summed E-state index contributed by atoms with van der Waals surface area (Å²) in [6.07, 6.45) is 13.4. The van der Waals surface area contributed by atoms with Crippen LogP contribution in [0, 0.1) is 0 Å². The summed E-state index contributed by atoms with van der Waals surface area (Å²) in [5.41, 5.74) is 4.06. The van der Waals surface area contributed by atoms with Gasteiger partial charge in [0.1, 0.15) is 0 Å². The van der Waals surface area contributed by atoms with Crippen molar-refractivity contribution in [3.63, 3.8) is 0 Å². The summed E-state index contributed by atoms with van der Waals surface area (Å²) in [5.74, 6) is 1.81.